The smallest absolute Gasteiger partial charge is 0.131 e. The first-order chi connectivity index (χ1) is 5.43. The molecule has 3 heteroatoms. The summed E-state index contributed by atoms with van der Waals surface area (Å²) in [6.07, 6.45) is 2.46. The molecule has 0 amide bonds. The first-order valence-electron chi connectivity index (χ1n) is 4.36. The second-order valence-electron chi connectivity index (χ2n) is 2.74. The summed E-state index contributed by atoms with van der Waals surface area (Å²) in [5.41, 5.74) is 0. The van der Waals surface area contributed by atoms with Crippen molar-refractivity contribution in [3.05, 3.63) is 0 Å². The van der Waals surface area contributed by atoms with Gasteiger partial charge < -0.3 is 9.47 Å². The van der Waals surface area contributed by atoms with E-state index in [1.165, 1.54) is 6.42 Å². The molecular formula is C8H17NO2. The first-order valence-corrected chi connectivity index (χ1v) is 4.36. The average molecular weight is 159 g/mol. The quantitative estimate of drug-likeness (QED) is 0.614. The maximum Gasteiger partial charge on any atom is 0.131 e. The number of hydrogen-bond donors (Lipinski definition) is 1. The predicted molar refractivity (Wildman–Crippen MR) is 43.5 cm³/mol. The lowest BCUT2D eigenvalue weighted by molar-refractivity contribution is -0.0616. The summed E-state index contributed by atoms with van der Waals surface area (Å²) >= 11 is 0. The lowest BCUT2D eigenvalue weighted by Gasteiger charge is -2.23. The Bertz CT molecular complexity index is 92.1. The molecule has 0 aromatic heterocycles. The van der Waals surface area contributed by atoms with Crippen molar-refractivity contribution < 1.29 is 9.47 Å². The van der Waals surface area contributed by atoms with Gasteiger partial charge in [-0.2, -0.15) is 0 Å². The average Bonchev–Trinajstić information content (AvgIpc) is 2.07. The third-order valence-corrected chi connectivity index (χ3v) is 1.70. The minimum atomic E-state index is 0.135. The van der Waals surface area contributed by atoms with E-state index in [0.29, 0.717) is 6.61 Å². The SMILES string of the molecule is CCCCOC1COCCN1. The van der Waals surface area contributed by atoms with Crippen LogP contribution in [0.3, 0.4) is 0 Å². The van der Waals surface area contributed by atoms with E-state index in [9.17, 15) is 0 Å². The monoisotopic (exact) mass is 159 g/mol. The molecule has 11 heavy (non-hydrogen) atoms. The first kappa shape index (κ1) is 8.97. The molecule has 0 aromatic carbocycles. The standard InChI is InChI=1S/C8H17NO2/c1-2-3-5-11-8-7-10-6-4-9-8/h8-9H,2-7H2,1H3. The van der Waals surface area contributed by atoms with E-state index in [-0.39, 0.29) is 6.23 Å². The molecule has 1 rings (SSSR count). The van der Waals surface area contributed by atoms with Crippen LogP contribution in [0.4, 0.5) is 0 Å². The van der Waals surface area contributed by atoms with Gasteiger partial charge in [0.25, 0.3) is 0 Å². The fourth-order valence-corrected chi connectivity index (χ4v) is 1.02. The lowest BCUT2D eigenvalue weighted by atomic mass is 10.4. The normalized spacial score (nSPS) is 25.4. The largest absolute Gasteiger partial charge is 0.376 e. The number of nitrogens with one attached hydrogen (secondary N) is 1. The Labute approximate surface area is 68.1 Å². The van der Waals surface area contributed by atoms with Gasteiger partial charge in [0.2, 0.25) is 0 Å². The van der Waals surface area contributed by atoms with Crippen molar-refractivity contribution in [1.29, 1.82) is 0 Å². The third-order valence-electron chi connectivity index (χ3n) is 1.70. The zero-order valence-electron chi connectivity index (χ0n) is 7.14. The van der Waals surface area contributed by atoms with Gasteiger partial charge in [0.1, 0.15) is 6.23 Å². The van der Waals surface area contributed by atoms with E-state index >= 15 is 0 Å². The van der Waals surface area contributed by atoms with Crippen LogP contribution in [0.2, 0.25) is 0 Å². The van der Waals surface area contributed by atoms with Crippen LogP contribution in [0.15, 0.2) is 0 Å². The third kappa shape index (κ3) is 3.70. The number of hydrogen-bond acceptors (Lipinski definition) is 3. The Morgan fingerprint density at radius 3 is 3.18 bits per heavy atom. The highest BCUT2D eigenvalue weighted by Gasteiger charge is 2.11. The van der Waals surface area contributed by atoms with Gasteiger partial charge in [-0.3, -0.25) is 5.32 Å². The fraction of sp³-hybridized carbons (Fsp3) is 1.00. The molecule has 0 spiro atoms. The molecule has 0 aromatic rings. The molecule has 1 aliphatic rings. The molecule has 0 bridgehead atoms. The van der Waals surface area contributed by atoms with E-state index in [1.54, 1.807) is 0 Å². The van der Waals surface area contributed by atoms with E-state index in [4.69, 9.17) is 9.47 Å². The van der Waals surface area contributed by atoms with Crippen LogP contribution < -0.4 is 5.32 Å². The summed E-state index contributed by atoms with van der Waals surface area (Å²) in [7, 11) is 0. The molecule has 3 nitrogen and oxygen atoms in total. The van der Waals surface area contributed by atoms with Gasteiger partial charge in [-0.15, -0.1) is 0 Å². The maximum absolute atomic E-state index is 5.49. The van der Waals surface area contributed by atoms with E-state index in [0.717, 1.165) is 26.2 Å². The Morgan fingerprint density at radius 1 is 1.64 bits per heavy atom. The molecule has 0 radical (unpaired) electrons. The minimum absolute atomic E-state index is 0.135. The summed E-state index contributed by atoms with van der Waals surface area (Å²) in [4.78, 5) is 0. The molecular weight excluding hydrogens is 142 g/mol. The predicted octanol–water partition coefficient (Wildman–Crippen LogP) is 0.749. The van der Waals surface area contributed by atoms with Crippen molar-refractivity contribution in [2.45, 2.75) is 26.0 Å². The molecule has 0 saturated carbocycles. The van der Waals surface area contributed by atoms with Crippen molar-refractivity contribution in [1.82, 2.24) is 5.32 Å². The van der Waals surface area contributed by atoms with Crippen LogP contribution in [-0.4, -0.2) is 32.6 Å². The Morgan fingerprint density at radius 2 is 2.55 bits per heavy atom. The van der Waals surface area contributed by atoms with Crippen LogP contribution in [0.5, 0.6) is 0 Å². The number of unbranched alkanes of at least 4 members (excludes halogenated alkanes) is 1. The summed E-state index contributed by atoms with van der Waals surface area (Å²) in [6.45, 7) is 5.43. The summed E-state index contributed by atoms with van der Waals surface area (Å²) < 4.78 is 10.7. The Hall–Kier alpha value is -0.120. The summed E-state index contributed by atoms with van der Waals surface area (Å²) in [5.74, 6) is 0. The molecule has 1 heterocycles. The van der Waals surface area contributed by atoms with Crippen molar-refractivity contribution in [2.24, 2.45) is 0 Å². The van der Waals surface area contributed by atoms with Crippen molar-refractivity contribution >= 4 is 0 Å². The molecule has 1 atom stereocenters. The van der Waals surface area contributed by atoms with Crippen LogP contribution in [-0.2, 0) is 9.47 Å². The lowest BCUT2D eigenvalue weighted by Crippen LogP contribution is -2.43. The molecule has 66 valence electrons. The highest BCUT2D eigenvalue weighted by molar-refractivity contribution is 4.59. The molecule has 1 aliphatic heterocycles. The van der Waals surface area contributed by atoms with Gasteiger partial charge in [0.15, 0.2) is 0 Å². The maximum atomic E-state index is 5.49. The van der Waals surface area contributed by atoms with Crippen molar-refractivity contribution in [3.63, 3.8) is 0 Å². The van der Waals surface area contributed by atoms with Crippen LogP contribution in [0, 0.1) is 0 Å². The van der Waals surface area contributed by atoms with Crippen molar-refractivity contribution in [3.8, 4) is 0 Å². The van der Waals surface area contributed by atoms with Crippen LogP contribution >= 0.6 is 0 Å². The zero-order valence-corrected chi connectivity index (χ0v) is 7.14. The number of morpholine rings is 1. The Balaban J connectivity index is 1.96. The van der Waals surface area contributed by atoms with Gasteiger partial charge in [-0.05, 0) is 6.42 Å². The van der Waals surface area contributed by atoms with Crippen LogP contribution in [0.1, 0.15) is 19.8 Å². The van der Waals surface area contributed by atoms with Gasteiger partial charge >= 0.3 is 0 Å². The molecule has 1 fully saturated rings. The second-order valence-corrected chi connectivity index (χ2v) is 2.74. The summed E-state index contributed by atoms with van der Waals surface area (Å²) in [5, 5.41) is 3.23. The molecule has 1 saturated heterocycles. The van der Waals surface area contributed by atoms with Gasteiger partial charge in [-0.1, -0.05) is 13.3 Å². The molecule has 1 N–H and O–H groups in total. The van der Waals surface area contributed by atoms with Crippen LogP contribution in [0.25, 0.3) is 0 Å². The molecule has 0 aliphatic carbocycles. The highest BCUT2D eigenvalue weighted by Crippen LogP contribution is 1.97. The fourth-order valence-electron chi connectivity index (χ4n) is 1.02. The van der Waals surface area contributed by atoms with Gasteiger partial charge in [0, 0.05) is 13.2 Å². The Kier molecular flexibility index (Phi) is 4.50. The second kappa shape index (κ2) is 5.52. The summed E-state index contributed by atoms with van der Waals surface area (Å²) in [6, 6.07) is 0. The van der Waals surface area contributed by atoms with E-state index < -0.39 is 0 Å². The van der Waals surface area contributed by atoms with Crippen molar-refractivity contribution in [2.75, 3.05) is 26.4 Å². The topological polar surface area (TPSA) is 30.5 Å². The number of rotatable bonds is 4. The zero-order chi connectivity index (χ0) is 7.94. The van der Waals surface area contributed by atoms with E-state index in [1.807, 2.05) is 0 Å². The van der Waals surface area contributed by atoms with Gasteiger partial charge in [0.05, 0.1) is 13.2 Å². The highest BCUT2D eigenvalue weighted by atomic mass is 16.5. The van der Waals surface area contributed by atoms with Gasteiger partial charge in [-0.25, -0.2) is 0 Å². The molecule has 1 unspecified atom stereocenters. The van der Waals surface area contributed by atoms with E-state index in [2.05, 4.69) is 12.2 Å². The minimum Gasteiger partial charge on any atom is -0.376 e. The number of ether oxygens (including phenoxy) is 2.